The molecule has 1 fully saturated rings. The zero-order valence-corrected chi connectivity index (χ0v) is 10.3. The smallest absolute Gasteiger partial charge is 0.222 e. The van der Waals surface area contributed by atoms with E-state index in [4.69, 9.17) is 11.0 Å². The van der Waals surface area contributed by atoms with Crippen molar-refractivity contribution in [2.75, 3.05) is 24.6 Å². The van der Waals surface area contributed by atoms with E-state index in [-0.39, 0.29) is 11.9 Å². The van der Waals surface area contributed by atoms with Crippen LogP contribution in [0.2, 0.25) is 0 Å². The fraction of sp³-hybridized carbons (Fsp3) is 0.385. The van der Waals surface area contributed by atoms with E-state index in [2.05, 4.69) is 11.4 Å². The lowest BCUT2D eigenvalue weighted by Gasteiger charge is -2.31. The lowest BCUT2D eigenvalue weighted by atomic mass is 10.0. The van der Waals surface area contributed by atoms with Crippen LogP contribution in [0.1, 0.15) is 18.4 Å². The Kier molecular flexibility index (Phi) is 3.38. The van der Waals surface area contributed by atoms with Crippen LogP contribution in [-0.2, 0) is 4.79 Å². The molecule has 0 spiro atoms. The third kappa shape index (κ3) is 2.54. The number of likely N-dealkylation sites (tertiary alicyclic amines) is 1. The normalized spacial score (nSPS) is 19.4. The monoisotopic (exact) mass is 244 g/mol. The van der Waals surface area contributed by atoms with Crippen molar-refractivity contribution in [1.82, 2.24) is 4.90 Å². The highest BCUT2D eigenvalue weighted by Gasteiger charge is 2.22. The van der Waals surface area contributed by atoms with Crippen LogP contribution in [0.4, 0.5) is 11.4 Å². The van der Waals surface area contributed by atoms with E-state index in [1.54, 1.807) is 24.1 Å². The molecule has 18 heavy (non-hydrogen) atoms. The molecule has 1 aliphatic heterocycles. The Labute approximate surface area is 106 Å². The Morgan fingerprint density at radius 2 is 2.33 bits per heavy atom. The zero-order valence-electron chi connectivity index (χ0n) is 10.3. The molecule has 1 aromatic carbocycles. The van der Waals surface area contributed by atoms with Crippen LogP contribution in [0.5, 0.6) is 0 Å². The predicted octanol–water partition coefficient (Wildman–Crippen LogP) is 1.17. The lowest BCUT2D eigenvalue weighted by molar-refractivity contribution is -0.132. The van der Waals surface area contributed by atoms with Crippen molar-refractivity contribution in [2.24, 2.45) is 0 Å². The van der Waals surface area contributed by atoms with Gasteiger partial charge in [0.25, 0.3) is 0 Å². The number of anilines is 2. The number of amides is 1. The molecule has 5 heteroatoms. The number of nitriles is 1. The minimum Gasteiger partial charge on any atom is -0.397 e. The van der Waals surface area contributed by atoms with Gasteiger partial charge in [0.05, 0.1) is 23.0 Å². The molecule has 0 bridgehead atoms. The number of nitrogen functional groups attached to an aromatic ring is 1. The van der Waals surface area contributed by atoms with E-state index < -0.39 is 0 Å². The van der Waals surface area contributed by atoms with Gasteiger partial charge < -0.3 is 16.0 Å². The summed E-state index contributed by atoms with van der Waals surface area (Å²) in [6, 6.07) is 7.46. The maximum atomic E-state index is 11.4. The van der Waals surface area contributed by atoms with Crippen LogP contribution in [0.3, 0.4) is 0 Å². The molecule has 1 unspecified atom stereocenters. The van der Waals surface area contributed by atoms with Crippen LogP contribution in [-0.4, -0.2) is 30.4 Å². The first-order valence-corrected chi connectivity index (χ1v) is 5.90. The van der Waals surface area contributed by atoms with E-state index in [9.17, 15) is 4.79 Å². The molecule has 1 atom stereocenters. The number of carbonyl (C=O) groups is 1. The van der Waals surface area contributed by atoms with Crippen molar-refractivity contribution in [1.29, 1.82) is 5.26 Å². The van der Waals surface area contributed by atoms with Crippen molar-refractivity contribution in [3.8, 4) is 6.07 Å². The van der Waals surface area contributed by atoms with Gasteiger partial charge in [0, 0.05) is 26.1 Å². The largest absolute Gasteiger partial charge is 0.397 e. The maximum Gasteiger partial charge on any atom is 0.222 e. The van der Waals surface area contributed by atoms with E-state index in [0.717, 1.165) is 12.1 Å². The molecule has 1 aliphatic rings. The number of likely N-dealkylation sites (N-methyl/N-ethyl adjacent to an activating group) is 1. The Morgan fingerprint density at radius 3 is 2.94 bits per heavy atom. The maximum absolute atomic E-state index is 11.4. The molecule has 0 radical (unpaired) electrons. The molecule has 0 saturated carbocycles. The number of nitrogens with one attached hydrogen (secondary N) is 1. The van der Waals surface area contributed by atoms with Crippen LogP contribution in [0.25, 0.3) is 0 Å². The lowest BCUT2D eigenvalue weighted by Crippen LogP contribution is -2.43. The molecule has 0 aliphatic carbocycles. The molecule has 5 nitrogen and oxygen atoms in total. The van der Waals surface area contributed by atoms with Gasteiger partial charge >= 0.3 is 0 Å². The average Bonchev–Trinajstić information content (AvgIpc) is 2.36. The third-order valence-electron chi connectivity index (χ3n) is 3.17. The van der Waals surface area contributed by atoms with Crippen molar-refractivity contribution >= 4 is 17.3 Å². The first-order chi connectivity index (χ1) is 8.60. The van der Waals surface area contributed by atoms with E-state index in [1.807, 2.05) is 6.07 Å². The predicted molar refractivity (Wildman–Crippen MR) is 69.9 cm³/mol. The molecule has 1 heterocycles. The summed E-state index contributed by atoms with van der Waals surface area (Å²) in [6.07, 6.45) is 1.37. The highest BCUT2D eigenvalue weighted by atomic mass is 16.2. The van der Waals surface area contributed by atoms with Gasteiger partial charge in [-0.15, -0.1) is 0 Å². The summed E-state index contributed by atoms with van der Waals surface area (Å²) in [4.78, 5) is 13.1. The summed E-state index contributed by atoms with van der Waals surface area (Å²) in [7, 11) is 1.80. The Bertz CT molecular complexity index is 506. The van der Waals surface area contributed by atoms with Gasteiger partial charge in [-0.2, -0.15) is 5.26 Å². The molecule has 0 aromatic heterocycles. The highest BCUT2D eigenvalue weighted by molar-refractivity contribution is 5.77. The van der Waals surface area contributed by atoms with E-state index in [0.29, 0.717) is 24.2 Å². The molecule has 94 valence electrons. The number of piperidine rings is 1. The Morgan fingerprint density at radius 1 is 1.56 bits per heavy atom. The molecule has 2 rings (SSSR count). The summed E-state index contributed by atoms with van der Waals surface area (Å²) in [5.74, 6) is 0.181. The van der Waals surface area contributed by atoms with Gasteiger partial charge in [-0.25, -0.2) is 0 Å². The van der Waals surface area contributed by atoms with Crippen molar-refractivity contribution in [3.05, 3.63) is 23.8 Å². The van der Waals surface area contributed by atoms with Crippen molar-refractivity contribution < 1.29 is 4.79 Å². The standard InChI is InChI=1S/C13H16N4O/c1-17-8-10(3-5-13(17)18)16-12-4-2-9(7-14)6-11(12)15/h2,4,6,10,16H,3,5,8,15H2,1H3. The molecule has 1 aromatic rings. The molecular formula is C13H16N4O. The summed E-state index contributed by atoms with van der Waals surface area (Å²) in [6.45, 7) is 0.679. The molecular weight excluding hydrogens is 228 g/mol. The van der Waals surface area contributed by atoms with Gasteiger partial charge in [-0.3, -0.25) is 4.79 Å². The zero-order chi connectivity index (χ0) is 13.1. The van der Waals surface area contributed by atoms with Gasteiger partial charge in [0.15, 0.2) is 0 Å². The van der Waals surface area contributed by atoms with Crippen LogP contribution < -0.4 is 11.1 Å². The van der Waals surface area contributed by atoms with Crippen LogP contribution in [0, 0.1) is 11.3 Å². The van der Waals surface area contributed by atoms with Gasteiger partial charge in [0.2, 0.25) is 5.91 Å². The number of hydrogen-bond acceptors (Lipinski definition) is 4. The quantitative estimate of drug-likeness (QED) is 0.765. The fourth-order valence-electron chi connectivity index (χ4n) is 2.11. The average molecular weight is 244 g/mol. The van der Waals surface area contributed by atoms with Gasteiger partial charge in [-0.1, -0.05) is 0 Å². The topological polar surface area (TPSA) is 82.2 Å². The second kappa shape index (κ2) is 4.96. The Balaban J connectivity index is 2.06. The van der Waals surface area contributed by atoms with Crippen LogP contribution >= 0.6 is 0 Å². The minimum absolute atomic E-state index is 0.181. The first-order valence-electron chi connectivity index (χ1n) is 5.90. The van der Waals surface area contributed by atoms with Crippen molar-refractivity contribution in [2.45, 2.75) is 18.9 Å². The second-order valence-electron chi connectivity index (χ2n) is 4.57. The van der Waals surface area contributed by atoms with E-state index >= 15 is 0 Å². The summed E-state index contributed by atoms with van der Waals surface area (Å²) in [5, 5.41) is 12.1. The Hall–Kier alpha value is -2.22. The number of hydrogen-bond donors (Lipinski definition) is 2. The molecule has 3 N–H and O–H groups in total. The first kappa shape index (κ1) is 12.2. The van der Waals surface area contributed by atoms with E-state index in [1.165, 1.54) is 0 Å². The summed E-state index contributed by atoms with van der Waals surface area (Å²) >= 11 is 0. The molecule has 1 amide bonds. The van der Waals surface area contributed by atoms with Crippen LogP contribution in [0.15, 0.2) is 18.2 Å². The minimum atomic E-state index is 0.181. The third-order valence-corrected chi connectivity index (χ3v) is 3.17. The van der Waals surface area contributed by atoms with Crippen molar-refractivity contribution in [3.63, 3.8) is 0 Å². The summed E-state index contributed by atoms with van der Waals surface area (Å²) in [5.41, 5.74) is 7.82. The molecule has 1 saturated heterocycles. The SMILES string of the molecule is CN1CC(Nc2ccc(C#N)cc2N)CCC1=O. The fourth-order valence-corrected chi connectivity index (χ4v) is 2.11. The number of benzene rings is 1. The second-order valence-corrected chi connectivity index (χ2v) is 4.57. The number of rotatable bonds is 2. The summed E-state index contributed by atoms with van der Waals surface area (Å²) < 4.78 is 0. The number of nitrogens with two attached hydrogens (primary N) is 1. The van der Waals surface area contributed by atoms with Gasteiger partial charge in [0.1, 0.15) is 0 Å². The number of nitrogens with zero attached hydrogens (tertiary/aromatic N) is 2. The number of carbonyl (C=O) groups excluding carboxylic acids is 1. The highest BCUT2D eigenvalue weighted by Crippen LogP contribution is 2.22. The van der Waals surface area contributed by atoms with Gasteiger partial charge in [-0.05, 0) is 24.6 Å².